The first-order chi connectivity index (χ1) is 5.15. The Kier molecular flexibility index (Phi) is 1.77. The molecule has 60 valence electrons. The van der Waals surface area contributed by atoms with Crippen molar-refractivity contribution >= 4 is 11.8 Å². The SMILES string of the molecule is Cc1nc(C(=O)NN)c(N)o1. The minimum Gasteiger partial charge on any atom is -0.425 e. The van der Waals surface area contributed by atoms with Gasteiger partial charge in [-0.25, -0.2) is 10.8 Å². The molecule has 6 heteroatoms. The van der Waals surface area contributed by atoms with Crippen LogP contribution >= 0.6 is 0 Å². The average molecular weight is 156 g/mol. The summed E-state index contributed by atoms with van der Waals surface area (Å²) in [5, 5.41) is 0. The summed E-state index contributed by atoms with van der Waals surface area (Å²) in [7, 11) is 0. The molecule has 5 N–H and O–H groups in total. The number of anilines is 1. The van der Waals surface area contributed by atoms with Crippen molar-refractivity contribution in [1.82, 2.24) is 10.4 Å². The molecule has 0 radical (unpaired) electrons. The normalized spacial score (nSPS) is 9.64. The van der Waals surface area contributed by atoms with E-state index >= 15 is 0 Å². The Labute approximate surface area is 62.5 Å². The summed E-state index contributed by atoms with van der Waals surface area (Å²) >= 11 is 0. The van der Waals surface area contributed by atoms with Gasteiger partial charge in [-0.1, -0.05) is 0 Å². The highest BCUT2D eigenvalue weighted by Crippen LogP contribution is 2.11. The van der Waals surface area contributed by atoms with Gasteiger partial charge in [-0.15, -0.1) is 0 Å². The van der Waals surface area contributed by atoms with Gasteiger partial charge >= 0.3 is 0 Å². The molecule has 1 aromatic rings. The third-order valence-electron chi connectivity index (χ3n) is 1.11. The molecular weight excluding hydrogens is 148 g/mol. The lowest BCUT2D eigenvalue weighted by Crippen LogP contribution is -2.30. The summed E-state index contributed by atoms with van der Waals surface area (Å²) in [4.78, 5) is 14.5. The second kappa shape index (κ2) is 2.59. The number of aryl methyl sites for hydroxylation is 1. The Morgan fingerprint density at radius 1 is 1.73 bits per heavy atom. The molecule has 6 nitrogen and oxygen atoms in total. The van der Waals surface area contributed by atoms with Gasteiger partial charge in [0.1, 0.15) is 0 Å². The van der Waals surface area contributed by atoms with Crippen LogP contribution in [-0.2, 0) is 0 Å². The first kappa shape index (κ1) is 7.55. The number of carbonyl (C=O) groups is 1. The summed E-state index contributed by atoms with van der Waals surface area (Å²) in [6.07, 6.45) is 0. The molecule has 0 saturated heterocycles. The Bertz CT molecular complexity index is 280. The molecule has 1 rings (SSSR count). The fourth-order valence-electron chi connectivity index (χ4n) is 0.674. The molecule has 0 fully saturated rings. The molecule has 1 aromatic heterocycles. The predicted octanol–water partition coefficient (Wildman–Crippen LogP) is -0.831. The molecule has 0 aromatic carbocycles. The lowest BCUT2D eigenvalue weighted by Gasteiger charge is -1.91. The molecule has 0 aliphatic rings. The summed E-state index contributed by atoms with van der Waals surface area (Å²) < 4.78 is 4.79. The highest BCUT2D eigenvalue weighted by Gasteiger charge is 2.14. The number of nitrogens with zero attached hydrogens (tertiary/aromatic N) is 1. The molecule has 0 saturated carbocycles. The van der Waals surface area contributed by atoms with Crippen molar-refractivity contribution in [2.24, 2.45) is 5.84 Å². The molecule has 0 unspecified atom stereocenters. The number of nitrogen functional groups attached to an aromatic ring is 2. The highest BCUT2D eigenvalue weighted by molar-refractivity contribution is 5.95. The first-order valence-electron chi connectivity index (χ1n) is 2.89. The Balaban J connectivity index is 3.03. The fourth-order valence-corrected chi connectivity index (χ4v) is 0.674. The van der Waals surface area contributed by atoms with Crippen LogP contribution < -0.4 is 17.0 Å². The van der Waals surface area contributed by atoms with Crippen LogP contribution in [0.25, 0.3) is 0 Å². The number of aromatic nitrogens is 1. The number of hydrogen-bond donors (Lipinski definition) is 3. The molecule has 1 heterocycles. The van der Waals surface area contributed by atoms with Crippen molar-refractivity contribution in [3.05, 3.63) is 11.6 Å². The van der Waals surface area contributed by atoms with Crippen LogP contribution in [0.2, 0.25) is 0 Å². The maximum absolute atomic E-state index is 10.8. The first-order valence-corrected chi connectivity index (χ1v) is 2.89. The number of rotatable bonds is 1. The van der Waals surface area contributed by atoms with Crippen LogP contribution in [0.3, 0.4) is 0 Å². The topological polar surface area (TPSA) is 107 Å². The van der Waals surface area contributed by atoms with E-state index in [2.05, 4.69) is 4.98 Å². The summed E-state index contributed by atoms with van der Waals surface area (Å²) in [5.74, 6) is 4.60. The lowest BCUT2D eigenvalue weighted by atomic mass is 10.4. The van der Waals surface area contributed by atoms with Gasteiger partial charge < -0.3 is 10.2 Å². The minimum absolute atomic E-state index is 0.0185. The Morgan fingerprint density at radius 2 is 2.36 bits per heavy atom. The minimum atomic E-state index is -0.556. The van der Waals surface area contributed by atoms with E-state index in [0.29, 0.717) is 5.89 Å². The van der Waals surface area contributed by atoms with E-state index in [4.69, 9.17) is 16.0 Å². The molecule has 0 spiro atoms. The zero-order valence-corrected chi connectivity index (χ0v) is 5.92. The van der Waals surface area contributed by atoms with Crippen LogP contribution in [-0.4, -0.2) is 10.9 Å². The van der Waals surface area contributed by atoms with Gasteiger partial charge in [-0.3, -0.25) is 10.2 Å². The zero-order chi connectivity index (χ0) is 8.43. The van der Waals surface area contributed by atoms with E-state index in [-0.39, 0.29) is 11.6 Å². The van der Waals surface area contributed by atoms with E-state index in [1.807, 2.05) is 5.43 Å². The number of hydrazine groups is 1. The highest BCUT2D eigenvalue weighted by atomic mass is 16.4. The molecule has 0 aliphatic carbocycles. The van der Waals surface area contributed by atoms with E-state index in [1.54, 1.807) is 6.92 Å². The number of nitrogens with one attached hydrogen (secondary N) is 1. The number of oxazole rings is 1. The smallest absolute Gasteiger partial charge is 0.289 e. The van der Waals surface area contributed by atoms with E-state index in [0.717, 1.165) is 0 Å². The fraction of sp³-hybridized carbons (Fsp3) is 0.200. The quantitative estimate of drug-likeness (QED) is 0.279. The zero-order valence-electron chi connectivity index (χ0n) is 5.92. The standard InChI is InChI=1S/C5H8N4O2/c1-2-8-3(4(6)11-2)5(10)9-7/h6-7H2,1H3,(H,9,10). The summed E-state index contributed by atoms with van der Waals surface area (Å²) in [6, 6.07) is 0. The number of carbonyl (C=O) groups excluding carboxylic acids is 1. The predicted molar refractivity (Wildman–Crippen MR) is 37.3 cm³/mol. The van der Waals surface area contributed by atoms with Crippen LogP contribution in [0, 0.1) is 6.92 Å². The maximum Gasteiger partial charge on any atom is 0.289 e. The second-order valence-electron chi connectivity index (χ2n) is 1.92. The summed E-state index contributed by atoms with van der Waals surface area (Å²) in [6.45, 7) is 1.59. The third kappa shape index (κ3) is 1.30. The van der Waals surface area contributed by atoms with Crippen molar-refractivity contribution in [2.45, 2.75) is 6.92 Å². The maximum atomic E-state index is 10.8. The molecule has 11 heavy (non-hydrogen) atoms. The molecule has 1 amide bonds. The van der Waals surface area contributed by atoms with Crippen LogP contribution in [0.5, 0.6) is 0 Å². The number of amides is 1. The van der Waals surface area contributed by atoms with E-state index in [1.165, 1.54) is 0 Å². The van der Waals surface area contributed by atoms with Gasteiger partial charge in [0.2, 0.25) is 5.88 Å². The van der Waals surface area contributed by atoms with Gasteiger partial charge in [-0.2, -0.15) is 0 Å². The van der Waals surface area contributed by atoms with Gasteiger partial charge in [0, 0.05) is 6.92 Å². The van der Waals surface area contributed by atoms with E-state index < -0.39 is 5.91 Å². The number of hydrogen-bond acceptors (Lipinski definition) is 5. The van der Waals surface area contributed by atoms with Crippen LogP contribution in [0.1, 0.15) is 16.4 Å². The van der Waals surface area contributed by atoms with Gasteiger partial charge in [0.05, 0.1) is 0 Å². The Hall–Kier alpha value is -1.56. The van der Waals surface area contributed by atoms with Gasteiger partial charge in [0.25, 0.3) is 5.91 Å². The van der Waals surface area contributed by atoms with Crippen LogP contribution in [0.4, 0.5) is 5.88 Å². The van der Waals surface area contributed by atoms with Gasteiger partial charge in [0.15, 0.2) is 11.6 Å². The summed E-state index contributed by atoms with van der Waals surface area (Å²) in [5.41, 5.74) is 7.18. The molecule has 0 atom stereocenters. The molecular formula is C5H8N4O2. The van der Waals surface area contributed by atoms with Crippen molar-refractivity contribution < 1.29 is 9.21 Å². The Morgan fingerprint density at radius 3 is 2.73 bits per heavy atom. The molecule has 0 aliphatic heterocycles. The second-order valence-corrected chi connectivity index (χ2v) is 1.92. The van der Waals surface area contributed by atoms with Crippen molar-refractivity contribution in [3.63, 3.8) is 0 Å². The molecule has 0 bridgehead atoms. The van der Waals surface area contributed by atoms with Crippen LogP contribution in [0.15, 0.2) is 4.42 Å². The lowest BCUT2D eigenvalue weighted by molar-refractivity contribution is 0.0950. The largest absolute Gasteiger partial charge is 0.425 e. The third-order valence-corrected chi connectivity index (χ3v) is 1.11. The average Bonchev–Trinajstić information content (AvgIpc) is 2.28. The van der Waals surface area contributed by atoms with Crippen molar-refractivity contribution in [2.75, 3.05) is 5.73 Å². The van der Waals surface area contributed by atoms with Crippen molar-refractivity contribution in [3.8, 4) is 0 Å². The van der Waals surface area contributed by atoms with E-state index in [9.17, 15) is 4.79 Å². The number of nitrogens with two attached hydrogens (primary N) is 2. The monoisotopic (exact) mass is 156 g/mol. The van der Waals surface area contributed by atoms with Crippen molar-refractivity contribution in [1.29, 1.82) is 0 Å². The van der Waals surface area contributed by atoms with Gasteiger partial charge in [-0.05, 0) is 0 Å².